The van der Waals surface area contributed by atoms with E-state index >= 15 is 0 Å². The topological polar surface area (TPSA) is 21.3 Å². The third-order valence-electron chi connectivity index (χ3n) is 5.32. The van der Waals surface area contributed by atoms with Crippen molar-refractivity contribution < 1.29 is 4.74 Å². The first-order chi connectivity index (χ1) is 9.76. The summed E-state index contributed by atoms with van der Waals surface area (Å²) in [5, 5.41) is 3.65. The minimum Gasteiger partial charge on any atom is -0.370 e. The van der Waals surface area contributed by atoms with Crippen LogP contribution in [0.2, 0.25) is 0 Å². The number of hydrogen-bond donors (Lipinski definition) is 1. The van der Waals surface area contributed by atoms with E-state index in [1.54, 1.807) is 0 Å². The van der Waals surface area contributed by atoms with Crippen LogP contribution in [0.4, 0.5) is 0 Å². The summed E-state index contributed by atoms with van der Waals surface area (Å²) < 4.78 is 6.80. The van der Waals surface area contributed by atoms with Crippen LogP contribution in [0.5, 0.6) is 0 Å². The van der Waals surface area contributed by atoms with E-state index in [0.29, 0.717) is 6.10 Å². The second kappa shape index (κ2) is 8.38. The minimum absolute atomic E-state index is 0.141. The molecule has 2 saturated carbocycles. The molecule has 0 amide bonds. The van der Waals surface area contributed by atoms with Gasteiger partial charge in [0.25, 0.3) is 0 Å². The maximum absolute atomic E-state index is 6.80. The highest BCUT2D eigenvalue weighted by molar-refractivity contribution is 4.88. The molecule has 0 radical (unpaired) electrons. The molecule has 2 nitrogen and oxygen atoms in total. The van der Waals surface area contributed by atoms with Crippen molar-refractivity contribution in [1.82, 2.24) is 5.32 Å². The van der Waals surface area contributed by atoms with Crippen molar-refractivity contribution in [2.75, 3.05) is 13.1 Å². The van der Waals surface area contributed by atoms with E-state index in [4.69, 9.17) is 4.74 Å². The lowest BCUT2D eigenvalue weighted by Gasteiger charge is -2.41. The molecule has 0 aromatic rings. The Morgan fingerprint density at radius 1 is 1.00 bits per heavy atom. The first kappa shape index (κ1) is 16.3. The normalized spacial score (nSPS) is 30.9. The highest BCUT2D eigenvalue weighted by atomic mass is 16.5. The largest absolute Gasteiger partial charge is 0.370 e. The number of ether oxygens (including phenoxy) is 1. The van der Waals surface area contributed by atoms with Crippen LogP contribution in [-0.2, 0) is 4.74 Å². The van der Waals surface area contributed by atoms with Gasteiger partial charge >= 0.3 is 0 Å². The van der Waals surface area contributed by atoms with Gasteiger partial charge in [-0.05, 0) is 44.6 Å². The molecule has 0 aromatic heterocycles. The van der Waals surface area contributed by atoms with Crippen LogP contribution >= 0.6 is 0 Å². The standard InChI is InChI=1S/C18H35NO/c1-3-14-19-15-18(12-8-4-5-9-13-18)20-17-11-7-6-10-16(17)2/h16-17,19H,3-15H2,1-2H3. The maximum Gasteiger partial charge on any atom is 0.0810 e. The molecule has 2 aliphatic carbocycles. The monoisotopic (exact) mass is 281 g/mol. The van der Waals surface area contributed by atoms with E-state index in [-0.39, 0.29) is 5.60 Å². The zero-order valence-corrected chi connectivity index (χ0v) is 13.8. The molecule has 2 unspecified atom stereocenters. The van der Waals surface area contributed by atoms with E-state index in [0.717, 1.165) is 19.0 Å². The van der Waals surface area contributed by atoms with E-state index in [1.807, 2.05) is 0 Å². The predicted octanol–water partition coefficient (Wildman–Crippen LogP) is 4.67. The van der Waals surface area contributed by atoms with Crippen LogP contribution in [0.25, 0.3) is 0 Å². The number of rotatable bonds is 6. The molecule has 0 spiro atoms. The molecular weight excluding hydrogens is 246 g/mol. The Morgan fingerprint density at radius 3 is 2.35 bits per heavy atom. The first-order valence-corrected chi connectivity index (χ1v) is 9.14. The van der Waals surface area contributed by atoms with Gasteiger partial charge < -0.3 is 10.1 Å². The highest BCUT2D eigenvalue weighted by Crippen LogP contribution is 2.36. The van der Waals surface area contributed by atoms with Gasteiger partial charge in [0.2, 0.25) is 0 Å². The van der Waals surface area contributed by atoms with Crippen molar-refractivity contribution in [3.05, 3.63) is 0 Å². The molecule has 0 bridgehead atoms. The molecule has 0 saturated heterocycles. The molecule has 2 fully saturated rings. The van der Waals surface area contributed by atoms with Crippen molar-refractivity contribution in [3.63, 3.8) is 0 Å². The van der Waals surface area contributed by atoms with Crippen LogP contribution in [0.15, 0.2) is 0 Å². The SMILES string of the molecule is CCCNCC1(OC2CCCCC2C)CCCCCC1. The van der Waals surface area contributed by atoms with E-state index in [2.05, 4.69) is 19.2 Å². The average molecular weight is 281 g/mol. The Labute approximate surface area is 126 Å². The summed E-state index contributed by atoms with van der Waals surface area (Å²) in [7, 11) is 0. The second-order valence-corrected chi connectivity index (χ2v) is 7.19. The third-order valence-corrected chi connectivity index (χ3v) is 5.32. The summed E-state index contributed by atoms with van der Waals surface area (Å²) in [6.45, 7) is 6.85. The lowest BCUT2D eigenvalue weighted by molar-refractivity contribution is -0.129. The third kappa shape index (κ3) is 4.73. The molecule has 2 heteroatoms. The maximum atomic E-state index is 6.80. The summed E-state index contributed by atoms with van der Waals surface area (Å²) in [6, 6.07) is 0. The van der Waals surface area contributed by atoms with Crippen molar-refractivity contribution in [3.8, 4) is 0 Å². The Bertz CT molecular complexity index is 258. The van der Waals surface area contributed by atoms with Crippen LogP contribution in [0, 0.1) is 5.92 Å². The van der Waals surface area contributed by atoms with Crippen LogP contribution < -0.4 is 5.32 Å². The van der Waals surface area contributed by atoms with Gasteiger partial charge in [-0.25, -0.2) is 0 Å². The molecule has 2 atom stereocenters. The van der Waals surface area contributed by atoms with E-state index < -0.39 is 0 Å². The van der Waals surface area contributed by atoms with Gasteiger partial charge in [-0.2, -0.15) is 0 Å². The summed E-state index contributed by atoms with van der Waals surface area (Å²) in [5.74, 6) is 0.759. The van der Waals surface area contributed by atoms with Crippen LogP contribution in [0.3, 0.4) is 0 Å². The fourth-order valence-corrected chi connectivity index (χ4v) is 3.98. The van der Waals surface area contributed by atoms with Crippen molar-refractivity contribution >= 4 is 0 Å². The molecular formula is C18H35NO. The summed E-state index contributed by atoms with van der Waals surface area (Å²) in [4.78, 5) is 0. The summed E-state index contributed by atoms with van der Waals surface area (Å²) >= 11 is 0. The van der Waals surface area contributed by atoms with Gasteiger partial charge in [-0.1, -0.05) is 52.4 Å². The molecule has 0 heterocycles. The van der Waals surface area contributed by atoms with Gasteiger partial charge in [-0.3, -0.25) is 0 Å². The molecule has 0 aliphatic heterocycles. The number of hydrogen-bond acceptors (Lipinski definition) is 2. The van der Waals surface area contributed by atoms with Crippen molar-refractivity contribution in [2.45, 2.75) is 96.2 Å². The zero-order valence-electron chi connectivity index (χ0n) is 13.8. The molecule has 118 valence electrons. The van der Waals surface area contributed by atoms with Crippen molar-refractivity contribution in [1.29, 1.82) is 0 Å². The minimum atomic E-state index is 0.141. The molecule has 1 N–H and O–H groups in total. The predicted molar refractivity (Wildman–Crippen MR) is 86.1 cm³/mol. The fourth-order valence-electron chi connectivity index (χ4n) is 3.98. The van der Waals surface area contributed by atoms with Crippen molar-refractivity contribution in [2.24, 2.45) is 5.92 Å². The lowest BCUT2D eigenvalue weighted by atomic mass is 9.86. The van der Waals surface area contributed by atoms with E-state index in [9.17, 15) is 0 Å². The highest BCUT2D eigenvalue weighted by Gasteiger charge is 2.36. The molecule has 2 rings (SSSR count). The smallest absolute Gasteiger partial charge is 0.0810 e. The molecule has 2 aliphatic rings. The van der Waals surface area contributed by atoms with Gasteiger partial charge in [-0.15, -0.1) is 0 Å². The second-order valence-electron chi connectivity index (χ2n) is 7.19. The van der Waals surface area contributed by atoms with Gasteiger partial charge in [0, 0.05) is 6.54 Å². The fraction of sp³-hybridized carbons (Fsp3) is 1.00. The first-order valence-electron chi connectivity index (χ1n) is 9.14. The Balaban J connectivity index is 1.96. The summed E-state index contributed by atoms with van der Waals surface area (Å²) in [5.41, 5.74) is 0.141. The Morgan fingerprint density at radius 2 is 1.70 bits per heavy atom. The number of nitrogens with one attached hydrogen (secondary N) is 1. The zero-order chi connectivity index (χ0) is 14.3. The van der Waals surface area contributed by atoms with Crippen LogP contribution in [0.1, 0.15) is 84.5 Å². The lowest BCUT2D eigenvalue weighted by Crippen LogP contribution is -2.47. The quantitative estimate of drug-likeness (QED) is 0.564. The van der Waals surface area contributed by atoms with E-state index in [1.165, 1.54) is 70.6 Å². The summed E-state index contributed by atoms with van der Waals surface area (Å²) in [6.07, 6.45) is 15.2. The van der Waals surface area contributed by atoms with Crippen LogP contribution in [-0.4, -0.2) is 24.8 Å². The Hall–Kier alpha value is -0.0800. The molecule has 0 aromatic carbocycles. The average Bonchev–Trinajstić information content (AvgIpc) is 2.68. The Kier molecular flexibility index (Phi) is 6.83. The molecule has 20 heavy (non-hydrogen) atoms. The van der Waals surface area contributed by atoms with Gasteiger partial charge in [0.15, 0.2) is 0 Å². The van der Waals surface area contributed by atoms with Gasteiger partial charge in [0.1, 0.15) is 0 Å². The van der Waals surface area contributed by atoms with Gasteiger partial charge in [0.05, 0.1) is 11.7 Å².